The van der Waals surface area contributed by atoms with E-state index in [0.717, 1.165) is 43.5 Å². The lowest BCUT2D eigenvalue weighted by molar-refractivity contribution is -0.274. The van der Waals surface area contributed by atoms with Gasteiger partial charge < -0.3 is 4.74 Å². The second-order valence-corrected chi connectivity index (χ2v) is 10.4. The van der Waals surface area contributed by atoms with Crippen LogP contribution < -0.4 is 4.74 Å². The summed E-state index contributed by atoms with van der Waals surface area (Å²) in [6.45, 7) is 4.60. The average Bonchev–Trinajstić information content (AvgIpc) is 2.78. The Balaban J connectivity index is 1.51. The zero-order chi connectivity index (χ0) is 23.5. The zero-order valence-electron chi connectivity index (χ0n) is 19.2. The second-order valence-electron chi connectivity index (χ2n) is 9.94. The smallest absolute Gasteiger partial charge is 0.406 e. The molecule has 0 N–H and O–H groups in total. The summed E-state index contributed by atoms with van der Waals surface area (Å²) in [7, 11) is 0. The number of nitrogens with zero attached hydrogens (tertiary/aromatic N) is 1. The van der Waals surface area contributed by atoms with Crippen LogP contribution in [0, 0.1) is 5.92 Å². The number of benzene rings is 2. The van der Waals surface area contributed by atoms with Crippen LogP contribution in [0.5, 0.6) is 5.75 Å². The van der Waals surface area contributed by atoms with Crippen LogP contribution in [0.1, 0.15) is 68.9 Å². The maximum atomic E-state index is 12.6. The zero-order valence-corrected chi connectivity index (χ0v) is 20.0. The number of hydrogen-bond acceptors (Lipinski definition) is 2. The van der Waals surface area contributed by atoms with Gasteiger partial charge in [0.15, 0.2) is 0 Å². The minimum Gasteiger partial charge on any atom is -0.406 e. The second kappa shape index (κ2) is 10.3. The van der Waals surface area contributed by atoms with Crippen molar-refractivity contribution in [2.45, 2.75) is 76.1 Å². The van der Waals surface area contributed by atoms with Gasteiger partial charge in [0.25, 0.3) is 0 Å². The molecule has 1 saturated carbocycles. The molecule has 2 aliphatic rings. The normalized spacial score (nSPS) is 21.0. The molecule has 2 aromatic carbocycles. The first-order valence-electron chi connectivity index (χ1n) is 12.1. The Kier molecular flexibility index (Phi) is 7.59. The maximum absolute atomic E-state index is 12.6. The first kappa shape index (κ1) is 24.4. The first-order valence-corrected chi connectivity index (χ1v) is 12.4. The Labute approximate surface area is 200 Å². The Morgan fingerprint density at radius 3 is 2.30 bits per heavy atom. The molecule has 2 fully saturated rings. The molecule has 1 atom stereocenters. The van der Waals surface area contributed by atoms with Crippen molar-refractivity contribution < 1.29 is 17.9 Å². The summed E-state index contributed by atoms with van der Waals surface area (Å²) in [4.78, 5) is 2.69. The predicted octanol–water partition coefficient (Wildman–Crippen LogP) is 8.00. The van der Waals surface area contributed by atoms with Gasteiger partial charge in [-0.25, -0.2) is 0 Å². The van der Waals surface area contributed by atoms with Gasteiger partial charge in [-0.1, -0.05) is 55.1 Å². The third-order valence-electron chi connectivity index (χ3n) is 7.69. The van der Waals surface area contributed by atoms with Crippen LogP contribution in [0.25, 0.3) is 0 Å². The van der Waals surface area contributed by atoms with Crippen LogP contribution in [0.3, 0.4) is 0 Å². The number of piperidine rings is 1. The molecule has 4 rings (SSSR count). The molecule has 2 aromatic rings. The number of alkyl halides is 3. The molecular weight excluding hydrogens is 447 g/mol. The fourth-order valence-corrected chi connectivity index (χ4v) is 6.08. The molecule has 0 bridgehead atoms. The van der Waals surface area contributed by atoms with Crippen molar-refractivity contribution in [3.63, 3.8) is 0 Å². The number of halogens is 4. The van der Waals surface area contributed by atoms with E-state index in [2.05, 4.69) is 22.6 Å². The topological polar surface area (TPSA) is 12.5 Å². The van der Waals surface area contributed by atoms with E-state index in [1.54, 1.807) is 12.1 Å². The highest BCUT2D eigenvalue weighted by molar-refractivity contribution is 6.30. The Morgan fingerprint density at radius 2 is 1.70 bits per heavy atom. The fourth-order valence-electron chi connectivity index (χ4n) is 5.86. The largest absolute Gasteiger partial charge is 0.573 e. The Hall–Kier alpha value is -1.72. The number of rotatable bonds is 6. The lowest BCUT2D eigenvalue weighted by Crippen LogP contribution is -2.51. The maximum Gasteiger partial charge on any atom is 0.573 e. The van der Waals surface area contributed by atoms with Gasteiger partial charge in [-0.3, -0.25) is 4.90 Å². The lowest BCUT2D eigenvalue weighted by Gasteiger charge is -2.48. The molecule has 33 heavy (non-hydrogen) atoms. The van der Waals surface area contributed by atoms with Crippen LogP contribution in [0.4, 0.5) is 13.2 Å². The van der Waals surface area contributed by atoms with E-state index in [0.29, 0.717) is 16.5 Å². The lowest BCUT2D eigenvalue weighted by atomic mass is 9.74. The highest BCUT2D eigenvalue weighted by Gasteiger charge is 2.37. The van der Waals surface area contributed by atoms with Gasteiger partial charge in [0, 0.05) is 10.6 Å². The molecule has 0 amide bonds. The van der Waals surface area contributed by atoms with Crippen molar-refractivity contribution in [2.75, 3.05) is 13.1 Å². The van der Waals surface area contributed by atoms with E-state index in [-0.39, 0.29) is 11.7 Å². The fraction of sp³-hybridized carbons (Fsp3) is 0.556. The highest BCUT2D eigenvalue weighted by atomic mass is 35.5. The van der Waals surface area contributed by atoms with E-state index in [9.17, 15) is 13.2 Å². The van der Waals surface area contributed by atoms with E-state index in [1.807, 2.05) is 18.2 Å². The summed E-state index contributed by atoms with van der Waals surface area (Å²) in [5.74, 6) is 0.527. The summed E-state index contributed by atoms with van der Waals surface area (Å²) < 4.78 is 41.9. The molecule has 1 saturated heterocycles. The summed E-state index contributed by atoms with van der Waals surface area (Å²) >= 11 is 6.23. The van der Waals surface area contributed by atoms with Crippen LogP contribution in [0.15, 0.2) is 48.5 Å². The van der Waals surface area contributed by atoms with Gasteiger partial charge in [0.1, 0.15) is 5.75 Å². The summed E-state index contributed by atoms with van der Waals surface area (Å²) in [5, 5.41) is 0.709. The first-order chi connectivity index (χ1) is 15.7. The van der Waals surface area contributed by atoms with Crippen molar-refractivity contribution in [3.8, 4) is 5.75 Å². The molecule has 0 spiro atoms. The van der Waals surface area contributed by atoms with Gasteiger partial charge >= 0.3 is 6.36 Å². The van der Waals surface area contributed by atoms with Crippen molar-refractivity contribution in [1.82, 2.24) is 4.90 Å². The summed E-state index contributed by atoms with van der Waals surface area (Å²) in [6, 6.07) is 14.4. The van der Waals surface area contributed by atoms with E-state index >= 15 is 0 Å². The van der Waals surface area contributed by atoms with Gasteiger partial charge in [0.2, 0.25) is 0 Å². The molecule has 1 aliphatic carbocycles. The molecular formula is C27H33ClF3NO. The van der Waals surface area contributed by atoms with Crippen molar-refractivity contribution >= 4 is 11.6 Å². The van der Waals surface area contributed by atoms with Crippen molar-refractivity contribution in [2.24, 2.45) is 5.92 Å². The Bertz CT molecular complexity index is 900. The predicted molar refractivity (Wildman–Crippen MR) is 127 cm³/mol. The van der Waals surface area contributed by atoms with Gasteiger partial charge in [-0.15, -0.1) is 13.2 Å². The highest BCUT2D eigenvalue weighted by Crippen LogP contribution is 2.41. The summed E-state index contributed by atoms with van der Waals surface area (Å²) in [6.07, 6.45) is 4.89. The molecule has 1 unspecified atom stereocenters. The van der Waals surface area contributed by atoms with Crippen molar-refractivity contribution in [3.05, 3.63) is 64.7 Å². The van der Waals surface area contributed by atoms with E-state index in [4.69, 9.17) is 11.6 Å². The van der Waals surface area contributed by atoms with Crippen molar-refractivity contribution in [1.29, 1.82) is 0 Å². The van der Waals surface area contributed by atoms with Crippen LogP contribution in [0.2, 0.25) is 5.02 Å². The standard InChI is InChI=1S/C27H33ClF3NO/c1-26(14-3-2-4-15-26)32-16-12-22(13-17-32)25(19-20-6-5-7-23(28)18-20)21-8-10-24(11-9-21)33-27(29,30)31/h5-11,18,22,25H,2-4,12-17,19H2,1H3. The van der Waals surface area contributed by atoms with Gasteiger partial charge in [-0.05, 0) is 99.3 Å². The molecule has 2 nitrogen and oxygen atoms in total. The van der Waals surface area contributed by atoms with E-state index < -0.39 is 6.36 Å². The van der Waals surface area contributed by atoms with Gasteiger partial charge in [-0.2, -0.15) is 0 Å². The molecule has 0 aromatic heterocycles. The number of ether oxygens (including phenoxy) is 1. The SMILES string of the molecule is CC1(N2CCC(C(Cc3cccc(Cl)c3)c3ccc(OC(F)(F)F)cc3)CC2)CCCCC1. The van der Waals surface area contributed by atoms with Crippen LogP contribution >= 0.6 is 11.6 Å². The minimum atomic E-state index is -4.68. The van der Waals surface area contributed by atoms with Crippen LogP contribution in [-0.4, -0.2) is 29.9 Å². The molecule has 1 heterocycles. The molecule has 1 aliphatic heterocycles. The Morgan fingerprint density at radius 1 is 1.03 bits per heavy atom. The quantitative estimate of drug-likeness (QED) is 0.416. The molecule has 180 valence electrons. The number of likely N-dealkylation sites (tertiary alicyclic amines) is 1. The molecule has 0 radical (unpaired) electrons. The molecule has 6 heteroatoms. The third kappa shape index (κ3) is 6.45. The summed E-state index contributed by atoms with van der Waals surface area (Å²) in [5.41, 5.74) is 2.54. The third-order valence-corrected chi connectivity index (χ3v) is 7.92. The average molecular weight is 480 g/mol. The number of hydrogen-bond donors (Lipinski definition) is 0. The van der Waals surface area contributed by atoms with Crippen LogP contribution in [-0.2, 0) is 6.42 Å². The minimum absolute atomic E-state index is 0.173. The van der Waals surface area contributed by atoms with Gasteiger partial charge in [0.05, 0.1) is 0 Å². The van der Waals surface area contributed by atoms with E-state index in [1.165, 1.54) is 44.2 Å². The monoisotopic (exact) mass is 479 g/mol.